The smallest absolute Gasteiger partial charge is 0.339 e. The van der Waals surface area contributed by atoms with Gasteiger partial charge < -0.3 is 10.1 Å². The molecule has 0 bridgehead atoms. The fourth-order valence-corrected chi connectivity index (χ4v) is 4.04. The molecule has 1 saturated carbocycles. The molecule has 7 nitrogen and oxygen atoms in total. The Morgan fingerprint density at radius 3 is 2.50 bits per heavy atom. The summed E-state index contributed by atoms with van der Waals surface area (Å²) in [5, 5.41) is 8.26. The van der Waals surface area contributed by atoms with Crippen molar-refractivity contribution < 1.29 is 14.3 Å². The van der Waals surface area contributed by atoms with E-state index in [1.54, 1.807) is 0 Å². The number of carbonyl (C=O) groups is 2. The molecular weight excluding hydrogens is 428 g/mol. The van der Waals surface area contributed by atoms with Gasteiger partial charge in [0.2, 0.25) is 5.91 Å². The summed E-state index contributed by atoms with van der Waals surface area (Å²) in [6.07, 6.45) is 3.26. The molecule has 0 aliphatic heterocycles. The number of aromatic nitrogens is 3. The Bertz CT molecular complexity index is 1200. The van der Waals surface area contributed by atoms with Gasteiger partial charge in [0.05, 0.1) is 28.7 Å². The lowest BCUT2D eigenvalue weighted by atomic mass is 10.1. The van der Waals surface area contributed by atoms with Gasteiger partial charge in [0, 0.05) is 18.0 Å². The lowest BCUT2D eigenvalue weighted by Crippen LogP contribution is -2.28. The van der Waals surface area contributed by atoms with E-state index in [1.165, 1.54) is 5.56 Å². The number of nitrogens with one attached hydrogen (secondary N) is 1. The van der Waals surface area contributed by atoms with Crippen molar-refractivity contribution in [3.8, 4) is 0 Å². The third-order valence-electron chi connectivity index (χ3n) is 6.10. The molecule has 0 spiro atoms. The van der Waals surface area contributed by atoms with Crippen LogP contribution in [0.3, 0.4) is 0 Å². The minimum Gasteiger partial charge on any atom is -0.460 e. The third-order valence-corrected chi connectivity index (χ3v) is 6.10. The van der Waals surface area contributed by atoms with Gasteiger partial charge in [-0.3, -0.25) is 4.79 Å². The number of esters is 1. The Balaban J connectivity index is 1.38. The summed E-state index contributed by atoms with van der Waals surface area (Å²) in [4.78, 5) is 30.1. The average Bonchev–Trinajstić information content (AvgIpc) is 3.58. The Morgan fingerprint density at radius 2 is 1.85 bits per heavy atom. The van der Waals surface area contributed by atoms with Gasteiger partial charge in [-0.1, -0.05) is 29.8 Å². The summed E-state index contributed by atoms with van der Waals surface area (Å²) in [6.45, 7) is 10.6. The summed E-state index contributed by atoms with van der Waals surface area (Å²) in [6, 6.07) is 10.0. The van der Waals surface area contributed by atoms with Crippen LogP contribution in [0, 0.1) is 13.8 Å². The van der Waals surface area contributed by atoms with Gasteiger partial charge in [0.1, 0.15) is 6.61 Å². The molecule has 1 aliphatic carbocycles. The standard InChI is InChI=1S/C27H34N4O3/c1-17-6-8-19(9-7-17)10-13-23(32)28-14-15-34-26(33)21-16-22(20-11-12-20)29-25-24(21)18(2)30-31(25)27(3,4)5/h6-9,16,20H,10-15H2,1-5H3,(H,28,32). The molecule has 7 heteroatoms. The average molecular weight is 463 g/mol. The molecule has 1 N–H and O–H groups in total. The third kappa shape index (κ3) is 5.46. The molecule has 0 radical (unpaired) electrons. The molecular formula is C27H34N4O3. The first-order valence-corrected chi connectivity index (χ1v) is 12.0. The maximum Gasteiger partial charge on any atom is 0.339 e. The number of ether oxygens (including phenoxy) is 1. The van der Waals surface area contributed by atoms with Crippen LogP contribution in [0.4, 0.5) is 0 Å². The van der Waals surface area contributed by atoms with E-state index in [0.717, 1.165) is 40.8 Å². The van der Waals surface area contributed by atoms with Crippen LogP contribution in [-0.2, 0) is 21.5 Å². The zero-order chi connectivity index (χ0) is 24.5. The van der Waals surface area contributed by atoms with Gasteiger partial charge in [0.15, 0.2) is 5.65 Å². The molecule has 3 aromatic rings. The fourth-order valence-electron chi connectivity index (χ4n) is 4.04. The van der Waals surface area contributed by atoms with Crippen LogP contribution in [0.1, 0.15) is 78.8 Å². The van der Waals surface area contributed by atoms with Crippen LogP contribution >= 0.6 is 0 Å². The van der Waals surface area contributed by atoms with Crippen molar-refractivity contribution in [2.75, 3.05) is 13.2 Å². The molecule has 2 heterocycles. The van der Waals surface area contributed by atoms with Gasteiger partial charge in [-0.15, -0.1) is 0 Å². The van der Waals surface area contributed by atoms with E-state index in [4.69, 9.17) is 9.72 Å². The Hall–Kier alpha value is -3.22. The predicted octanol–water partition coefficient (Wildman–Crippen LogP) is 4.59. The predicted molar refractivity (Wildman–Crippen MR) is 132 cm³/mol. The van der Waals surface area contributed by atoms with E-state index < -0.39 is 5.97 Å². The van der Waals surface area contributed by atoms with Crippen molar-refractivity contribution in [2.24, 2.45) is 0 Å². The number of pyridine rings is 1. The van der Waals surface area contributed by atoms with Crippen molar-refractivity contribution in [1.29, 1.82) is 0 Å². The lowest BCUT2D eigenvalue weighted by molar-refractivity contribution is -0.121. The summed E-state index contributed by atoms with van der Waals surface area (Å²) >= 11 is 0. The second kappa shape index (κ2) is 9.57. The van der Waals surface area contributed by atoms with Crippen LogP contribution in [0.25, 0.3) is 11.0 Å². The van der Waals surface area contributed by atoms with Crippen molar-refractivity contribution >= 4 is 22.9 Å². The molecule has 4 rings (SSSR count). The number of carbonyl (C=O) groups excluding carboxylic acids is 2. The van der Waals surface area contributed by atoms with Gasteiger partial charge in [-0.05, 0) is 65.5 Å². The highest BCUT2D eigenvalue weighted by Gasteiger charge is 2.30. The van der Waals surface area contributed by atoms with Crippen molar-refractivity contribution in [3.63, 3.8) is 0 Å². The van der Waals surface area contributed by atoms with Crippen LogP contribution < -0.4 is 5.32 Å². The largest absolute Gasteiger partial charge is 0.460 e. The number of fused-ring (bicyclic) bond motifs is 1. The van der Waals surface area contributed by atoms with Gasteiger partial charge >= 0.3 is 5.97 Å². The first kappa shape index (κ1) is 23.9. The molecule has 34 heavy (non-hydrogen) atoms. The SMILES string of the molecule is Cc1ccc(CCC(=O)NCCOC(=O)c2cc(C3CC3)nc3c2c(C)nn3C(C)(C)C)cc1. The highest BCUT2D eigenvalue weighted by atomic mass is 16.5. The number of aryl methyl sites for hydroxylation is 3. The minimum absolute atomic E-state index is 0.0544. The number of nitrogens with zero attached hydrogens (tertiary/aromatic N) is 3. The second-order valence-corrected chi connectivity index (χ2v) is 10.2. The maximum absolute atomic E-state index is 13.0. The topological polar surface area (TPSA) is 86.1 Å². The molecule has 1 aliphatic rings. The van der Waals surface area contributed by atoms with Crippen LogP contribution in [-0.4, -0.2) is 39.8 Å². The molecule has 0 atom stereocenters. The summed E-state index contributed by atoms with van der Waals surface area (Å²) < 4.78 is 7.45. The number of benzene rings is 1. The second-order valence-electron chi connectivity index (χ2n) is 10.2. The summed E-state index contributed by atoms with van der Waals surface area (Å²) in [5.74, 6) is -0.0617. The van der Waals surface area contributed by atoms with E-state index in [-0.39, 0.29) is 24.6 Å². The van der Waals surface area contributed by atoms with Crippen molar-refractivity contribution in [3.05, 3.63) is 58.4 Å². The van der Waals surface area contributed by atoms with Crippen molar-refractivity contribution in [1.82, 2.24) is 20.1 Å². The Kier molecular flexibility index (Phi) is 6.73. The normalized spacial score (nSPS) is 13.8. The van der Waals surface area contributed by atoms with Crippen LogP contribution in [0.2, 0.25) is 0 Å². The summed E-state index contributed by atoms with van der Waals surface area (Å²) in [5.41, 5.74) is 4.99. The highest BCUT2D eigenvalue weighted by Crippen LogP contribution is 2.41. The molecule has 180 valence electrons. The molecule has 1 aromatic carbocycles. The van der Waals surface area contributed by atoms with Gasteiger partial charge in [-0.2, -0.15) is 5.10 Å². The number of hydrogen-bond acceptors (Lipinski definition) is 5. The van der Waals surface area contributed by atoms with E-state index in [0.29, 0.717) is 24.3 Å². The number of rotatable bonds is 8. The maximum atomic E-state index is 13.0. The fraction of sp³-hybridized carbons (Fsp3) is 0.481. The van der Waals surface area contributed by atoms with Crippen molar-refractivity contribution in [2.45, 2.75) is 71.8 Å². The van der Waals surface area contributed by atoms with Crippen LogP contribution in [0.15, 0.2) is 30.3 Å². The van der Waals surface area contributed by atoms with E-state index in [1.807, 2.05) is 48.9 Å². The molecule has 0 saturated heterocycles. The molecule has 0 unspecified atom stereocenters. The van der Waals surface area contributed by atoms with E-state index in [2.05, 4.69) is 31.2 Å². The minimum atomic E-state index is -0.403. The van der Waals surface area contributed by atoms with Crippen LogP contribution in [0.5, 0.6) is 0 Å². The number of amides is 1. The van der Waals surface area contributed by atoms with Gasteiger partial charge in [0.25, 0.3) is 0 Å². The Morgan fingerprint density at radius 1 is 1.15 bits per heavy atom. The zero-order valence-electron chi connectivity index (χ0n) is 20.8. The zero-order valence-corrected chi connectivity index (χ0v) is 20.8. The first-order valence-electron chi connectivity index (χ1n) is 12.0. The molecule has 2 aromatic heterocycles. The monoisotopic (exact) mass is 462 g/mol. The quantitative estimate of drug-likeness (QED) is 0.391. The lowest BCUT2D eigenvalue weighted by Gasteiger charge is -2.20. The Labute approximate surface area is 200 Å². The van der Waals surface area contributed by atoms with Gasteiger partial charge in [-0.25, -0.2) is 14.5 Å². The van der Waals surface area contributed by atoms with E-state index >= 15 is 0 Å². The molecule has 1 amide bonds. The van der Waals surface area contributed by atoms with E-state index in [9.17, 15) is 9.59 Å². The number of hydrogen-bond donors (Lipinski definition) is 1. The molecule has 1 fully saturated rings. The summed E-state index contributed by atoms with van der Waals surface area (Å²) in [7, 11) is 0. The highest BCUT2D eigenvalue weighted by molar-refractivity contribution is 6.04. The first-order chi connectivity index (χ1) is 16.1.